The molecule has 1 heterocycles. The average Bonchev–Trinajstić information content (AvgIpc) is 2.30. The van der Waals surface area contributed by atoms with Crippen LogP contribution < -0.4 is 5.43 Å². The molecule has 90 valence electrons. The maximum atomic E-state index is 12.6. The number of hydrogen-bond acceptors (Lipinski definition) is 4. The van der Waals surface area contributed by atoms with Gasteiger partial charge in [0.1, 0.15) is 11.8 Å². The van der Waals surface area contributed by atoms with Crippen LogP contribution in [0, 0.1) is 11.3 Å². The standard InChI is InChI=1S/C10H8F2N2O3/c1-17-7(15)2-5-4-14-6(3-13)8(9(5)16)10(11)12/h4,10H,2H2,1H3,(H,14,16). The number of carbonyl (C=O) groups excluding carboxylic acids is 1. The number of methoxy groups -OCH3 is 1. The molecule has 0 aliphatic carbocycles. The molecule has 0 saturated carbocycles. The van der Waals surface area contributed by atoms with Gasteiger partial charge in [0, 0.05) is 11.8 Å². The van der Waals surface area contributed by atoms with Gasteiger partial charge in [-0.15, -0.1) is 0 Å². The Morgan fingerprint density at radius 1 is 1.65 bits per heavy atom. The quantitative estimate of drug-likeness (QED) is 0.798. The van der Waals surface area contributed by atoms with Crippen molar-refractivity contribution in [2.75, 3.05) is 7.11 Å². The van der Waals surface area contributed by atoms with E-state index in [-0.39, 0.29) is 5.56 Å². The summed E-state index contributed by atoms with van der Waals surface area (Å²) in [5.74, 6) is -0.722. The first-order chi connectivity index (χ1) is 8.01. The van der Waals surface area contributed by atoms with Crippen molar-refractivity contribution in [1.82, 2.24) is 4.98 Å². The number of alkyl halides is 2. The minimum Gasteiger partial charge on any atom is -0.469 e. The van der Waals surface area contributed by atoms with Gasteiger partial charge in [-0.1, -0.05) is 0 Å². The summed E-state index contributed by atoms with van der Waals surface area (Å²) < 4.78 is 29.5. The molecule has 7 heteroatoms. The third-order valence-electron chi connectivity index (χ3n) is 2.09. The number of nitriles is 1. The highest BCUT2D eigenvalue weighted by atomic mass is 19.3. The van der Waals surface area contributed by atoms with Gasteiger partial charge >= 0.3 is 5.97 Å². The zero-order valence-corrected chi connectivity index (χ0v) is 8.79. The van der Waals surface area contributed by atoms with Gasteiger partial charge in [-0.2, -0.15) is 5.26 Å². The Morgan fingerprint density at radius 2 is 2.29 bits per heavy atom. The van der Waals surface area contributed by atoms with Gasteiger partial charge in [-0.05, 0) is 0 Å². The Kier molecular flexibility index (Phi) is 3.93. The minimum absolute atomic E-state index is 0.161. The lowest BCUT2D eigenvalue weighted by Crippen LogP contribution is -2.21. The molecule has 17 heavy (non-hydrogen) atoms. The van der Waals surface area contributed by atoms with Crippen LogP contribution in [0.2, 0.25) is 0 Å². The number of nitrogens with one attached hydrogen (secondary N) is 1. The number of aromatic nitrogens is 1. The Bertz CT molecular complexity index is 531. The summed E-state index contributed by atoms with van der Waals surface area (Å²) >= 11 is 0. The SMILES string of the molecule is COC(=O)Cc1c[nH]c(C#N)c(C(F)F)c1=O. The smallest absolute Gasteiger partial charge is 0.310 e. The van der Waals surface area contributed by atoms with Crippen molar-refractivity contribution in [1.29, 1.82) is 5.26 Å². The minimum atomic E-state index is -3.08. The molecule has 0 bridgehead atoms. The normalized spacial score (nSPS) is 10.1. The number of aromatic amines is 1. The molecule has 1 aromatic rings. The molecule has 1 rings (SSSR count). The van der Waals surface area contributed by atoms with E-state index in [1.807, 2.05) is 0 Å². The number of halogens is 2. The highest BCUT2D eigenvalue weighted by molar-refractivity contribution is 5.72. The number of nitrogens with zero attached hydrogens (tertiary/aromatic N) is 1. The van der Waals surface area contributed by atoms with Gasteiger partial charge in [0.05, 0.1) is 19.1 Å². The number of carbonyl (C=O) groups is 1. The van der Waals surface area contributed by atoms with Crippen LogP contribution in [0.3, 0.4) is 0 Å². The predicted octanol–water partition coefficient (Wildman–Crippen LogP) is 0.900. The van der Waals surface area contributed by atoms with Crippen LogP contribution in [0.4, 0.5) is 8.78 Å². The summed E-state index contributed by atoms with van der Waals surface area (Å²) in [6.07, 6.45) is -2.44. The number of pyridine rings is 1. The fourth-order valence-electron chi connectivity index (χ4n) is 1.25. The summed E-state index contributed by atoms with van der Waals surface area (Å²) in [6.45, 7) is 0. The van der Waals surface area contributed by atoms with Crippen LogP contribution in [0.1, 0.15) is 23.2 Å². The molecule has 0 saturated heterocycles. The molecule has 0 spiro atoms. The fraction of sp³-hybridized carbons (Fsp3) is 0.300. The first kappa shape index (κ1) is 12.8. The molecule has 1 N–H and O–H groups in total. The Hall–Kier alpha value is -2.23. The molecule has 0 fully saturated rings. The van der Waals surface area contributed by atoms with Crippen molar-refractivity contribution in [3.05, 3.63) is 33.2 Å². The Morgan fingerprint density at radius 3 is 2.76 bits per heavy atom. The van der Waals surface area contributed by atoms with E-state index < -0.39 is 35.5 Å². The largest absolute Gasteiger partial charge is 0.469 e. The third-order valence-corrected chi connectivity index (χ3v) is 2.09. The molecule has 0 aliphatic heterocycles. The molecule has 0 atom stereocenters. The first-order valence-electron chi connectivity index (χ1n) is 4.50. The third kappa shape index (κ3) is 2.66. The lowest BCUT2D eigenvalue weighted by Gasteiger charge is -2.05. The van der Waals surface area contributed by atoms with Gasteiger partial charge in [-0.25, -0.2) is 8.78 Å². The number of ether oxygens (including phenoxy) is 1. The lowest BCUT2D eigenvalue weighted by atomic mass is 10.1. The van der Waals surface area contributed by atoms with Crippen LogP contribution in [-0.4, -0.2) is 18.1 Å². The van der Waals surface area contributed by atoms with Crippen molar-refractivity contribution in [2.24, 2.45) is 0 Å². The summed E-state index contributed by atoms with van der Waals surface area (Å²) in [4.78, 5) is 24.8. The van der Waals surface area contributed by atoms with Crippen LogP contribution in [0.5, 0.6) is 0 Å². The van der Waals surface area contributed by atoms with Crippen molar-refractivity contribution >= 4 is 5.97 Å². The van der Waals surface area contributed by atoms with E-state index in [2.05, 4.69) is 9.72 Å². The number of H-pyrrole nitrogens is 1. The average molecular weight is 242 g/mol. The van der Waals surface area contributed by atoms with Crippen molar-refractivity contribution in [2.45, 2.75) is 12.8 Å². The van der Waals surface area contributed by atoms with Gasteiger partial charge in [0.15, 0.2) is 5.43 Å². The maximum absolute atomic E-state index is 12.6. The molecule has 0 unspecified atom stereocenters. The molecule has 0 amide bonds. The first-order valence-corrected chi connectivity index (χ1v) is 4.50. The highest BCUT2D eigenvalue weighted by Gasteiger charge is 2.21. The number of esters is 1. The van der Waals surface area contributed by atoms with E-state index in [4.69, 9.17) is 5.26 Å². The Balaban J connectivity index is 3.30. The summed E-state index contributed by atoms with van der Waals surface area (Å²) in [5, 5.41) is 8.57. The second kappa shape index (κ2) is 5.21. The molecule has 0 aliphatic rings. The predicted molar refractivity (Wildman–Crippen MR) is 52.5 cm³/mol. The van der Waals surface area contributed by atoms with Gasteiger partial charge in [0.2, 0.25) is 0 Å². The van der Waals surface area contributed by atoms with E-state index >= 15 is 0 Å². The molecule has 0 radical (unpaired) electrons. The second-order valence-corrected chi connectivity index (χ2v) is 3.10. The molecular weight excluding hydrogens is 234 g/mol. The zero-order chi connectivity index (χ0) is 13.0. The van der Waals surface area contributed by atoms with Crippen molar-refractivity contribution < 1.29 is 18.3 Å². The summed E-state index contributed by atoms with van der Waals surface area (Å²) in [6, 6.07) is 1.46. The van der Waals surface area contributed by atoms with E-state index in [1.165, 1.54) is 6.07 Å². The molecular formula is C10H8F2N2O3. The highest BCUT2D eigenvalue weighted by Crippen LogP contribution is 2.18. The van der Waals surface area contributed by atoms with Gasteiger partial charge in [-0.3, -0.25) is 9.59 Å². The maximum Gasteiger partial charge on any atom is 0.310 e. The van der Waals surface area contributed by atoms with Crippen molar-refractivity contribution in [3.63, 3.8) is 0 Å². The van der Waals surface area contributed by atoms with Crippen LogP contribution in [0.15, 0.2) is 11.0 Å². The molecule has 1 aromatic heterocycles. The molecule has 5 nitrogen and oxygen atoms in total. The van der Waals surface area contributed by atoms with Crippen LogP contribution in [0.25, 0.3) is 0 Å². The van der Waals surface area contributed by atoms with Crippen LogP contribution >= 0.6 is 0 Å². The summed E-state index contributed by atoms with van der Waals surface area (Å²) in [7, 11) is 1.12. The Labute approximate surface area is 94.6 Å². The van der Waals surface area contributed by atoms with Crippen molar-refractivity contribution in [3.8, 4) is 6.07 Å². The van der Waals surface area contributed by atoms with E-state index in [9.17, 15) is 18.4 Å². The zero-order valence-electron chi connectivity index (χ0n) is 8.79. The fourth-order valence-corrected chi connectivity index (χ4v) is 1.25. The van der Waals surface area contributed by atoms with E-state index in [0.29, 0.717) is 0 Å². The number of hydrogen-bond donors (Lipinski definition) is 1. The van der Waals surface area contributed by atoms with E-state index in [1.54, 1.807) is 0 Å². The van der Waals surface area contributed by atoms with E-state index in [0.717, 1.165) is 13.3 Å². The number of rotatable bonds is 3. The lowest BCUT2D eigenvalue weighted by molar-refractivity contribution is -0.139. The van der Waals surface area contributed by atoms with Gasteiger partial charge in [0.25, 0.3) is 6.43 Å². The topological polar surface area (TPSA) is 82.9 Å². The summed E-state index contributed by atoms with van der Waals surface area (Å²) in [5.41, 5.74) is -2.60. The monoisotopic (exact) mass is 242 g/mol. The van der Waals surface area contributed by atoms with Crippen LogP contribution in [-0.2, 0) is 16.0 Å². The second-order valence-electron chi connectivity index (χ2n) is 3.10. The molecule has 0 aromatic carbocycles. The van der Waals surface area contributed by atoms with Gasteiger partial charge < -0.3 is 9.72 Å².